The number of hydrogen-bond donors (Lipinski definition) is 1. The van der Waals surface area contributed by atoms with Crippen LogP contribution in [0, 0.1) is 0 Å². The van der Waals surface area contributed by atoms with Crippen LogP contribution in [0.15, 0.2) is 0 Å². The van der Waals surface area contributed by atoms with Gasteiger partial charge in [-0.3, -0.25) is 4.79 Å². The van der Waals surface area contributed by atoms with Gasteiger partial charge in [0.25, 0.3) is 5.91 Å². The molecule has 5 nitrogen and oxygen atoms in total. The van der Waals surface area contributed by atoms with Gasteiger partial charge >= 0.3 is 12.1 Å². The summed E-state index contributed by atoms with van der Waals surface area (Å²) in [7, 11) is 3.39. The number of amides is 1. The number of hydrogen-bond acceptors (Lipinski definition) is 4. The molecule has 1 saturated carbocycles. The van der Waals surface area contributed by atoms with Crippen molar-refractivity contribution in [2.24, 2.45) is 0 Å². The lowest BCUT2D eigenvalue weighted by molar-refractivity contribution is -0.200. The summed E-state index contributed by atoms with van der Waals surface area (Å²) in [6.45, 7) is -0.874. The van der Waals surface area contributed by atoms with Crippen molar-refractivity contribution in [1.29, 1.82) is 0 Å². The first-order valence-corrected chi connectivity index (χ1v) is 6.42. The van der Waals surface area contributed by atoms with Gasteiger partial charge in [0.2, 0.25) is 0 Å². The van der Waals surface area contributed by atoms with Crippen molar-refractivity contribution in [3.8, 4) is 0 Å². The van der Waals surface area contributed by atoms with Gasteiger partial charge in [0.15, 0.2) is 6.61 Å². The first-order valence-electron chi connectivity index (χ1n) is 6.42. The van der Waals surface area contributed by atoms with Crippen LogP contribution in [0.2, 0.25) is 0 Å². The zero-order valence-corrected chi connectivity index (χ0v) is 11.5. The Balaban J connectivity index is 2.38. The van der Waals surface area contributed by atoms with Crippen molar-refractivity contribution >= 4 is 11.9 Å². The SMILES string of the molecule is CN[C@H]1CC[C@H](N(C)C(=O)COC(=O)C(F)(F)F)CC1. The predicted molar refractivity (Wildman–Crippen MR) is 64.9 cm³/mol. The first kappa shape index (κ1) is 16.7. The number of carbonyl (C=O) groups is 2. The molecule has 1 rings (SSSR count). The zero-order chi connectivity index (χ0) is 15.3. The molecular weight excluding hydrogens is 277 g/mol. The molecular formula is C12H19F3N2O3. The minimum Gasteiger partial charge on any atom is -0.449 e. The Hall–Kier alpha value is -1.31. The highest BCUT2D eigenvalue weighted by Crippen LogP contribution is 2.22. The van der Waals surface area contributed by atoms with E-state index in [0.717, 1.165) is 25.7 Å². The van der Waals surface area contributed by atoms with Gasteiger partial charge in [-0.05, 0) is 32.7 Å². The number of halogens is 3. The van der Waals surface area contributed by atoms with E-state index >= 15 is 0 Å². The number of alkyl halides is 3. The van der Waals surface area contributed by atoms with E-state index in [2.05, 4.69) is 10.1 Å². The minimum absolute atomic E-state index is 0.0170. The maximum atomic E-state index is 11.9. The molecule has 0 aromatic carbocycles. The minimum atomic E-state index is -5.07. The predicted octanol–water partition coefficient (Wildman–Crippen LogP) is 1.08. The molecule has 0 aromatic rings. The largest absolute Gasteiger partial charge is 0.490 e. The van der Waals surface area contributed by atoms with Crippen molar-refractivity contribution in [3.63, 3.8) is 0 Å². The molecule has 0 saturated heterocycles. The van der Waals surface area contributed by atoms with Crippen molar-refractivity contribution < 1.29 is 27.5 Å². The van der Waals surface area contributed by atoms with Gasteiger partial charge in [0.05, 0.1) is 0 Å². The quantitative estimate of drug-likeness (QED) is 0.789. The molecule has 0 radical (unpaired) electrons. The number of carbonyl (C=O) groups excluding carboxylic acids is 2. The molecule has 0 spiro atoms. The molecule has 1 N–H and O–H groups in total. The fourth-order valence-electron chi connectivity index (χ4n) is 2.27. The van der Waals surface area contributed by atoms with Crippen molar-refractivity contribution in [2.45, 2.75) is 43.9 Å². The van der Waals surface area contributed by atoms with Crippen LogP contribution in [-0.2, 0) is 14.3 Å². The molecule has 0 bridgehead atoms. The van der Waals surface area contributed by atoms with Gasteiger partial charge in [0.1, 0.15) is 0 Å². The van der Waals surface area contributed by atoms with Crippen LogP contribution in [0.4, 0.5) is 13.2 Å². The Bertz CT molecular complexity index is 352. The molecule has 1 aliphatic carbocycles. The Morgan fingerprint density at radius 2 is 1.80 bits per heavy atom. The summed E-state index contributed by atoms with van der Waals surface area (Å²) in [5.41, 5.74) is 0. The van der Waals surface area contributed by atoms with E-state index in [1.165, 1.54) is 11.9 Å². The summed E-state index contributed by atoms with van der Waals surface area (Å²) in [4.78, 5) is 23.6. The van der Waals surface area contributed by atoms with E-state index in [4.69, 9.17) is 0 Å². The molecule has 20 heavy (non-hydrogen) atoms. The fourth-order valence-corrected chi connectivity index (χ4v) is 2.27. The van der Waals surface area contributed by atoms with Crippen LogP contribution in [0.3, 0.4) is 0 Å². The van der Waals surface area contributed by atoms with E-state index in [1.807, 2.05) is 7.05 Å². The summed E-state index contributed by atoms with van der Waals surface area (Å²) in [5, 5.41) is 3.15. The average Bonchev–Trinajstić information content (AvgIpc) is 2.42. The van der Waals surface area contributed by atoms with Crippen LogP contribution >= 0.6 is 0 Å². The number of likely N-dealkylation sites (N-methyl/N-ethyl adjacent to an activating group) is 1. The molecule has 0 atom stereocenters. The van der Waals surface area contributed by atoms with E-state index < -0.39 is 24.7 Å². The maximum Gasteiger partial charge on any atom is 0.490 e. The summed E-state index contributed by atoms with van der Waals surface area (Å²) >= 11 is 0. The van der Waals surface area contributed by atoms with Crippen LogP contribution in [0.25, 0.3) is 0 Å². The van der Waals surface area contributed by atoms with Crippen molar-refractivity contribution in [3.05, 3.63) is 0 Å². The number of ether oxygens (including phenoxy) is 1. The second kappa shape index (κ2) is 6.92. The Morgan fingerprint density at radius 1 is 1.25 bits per heavy atom. The van der Waals surface area contributed by atoms with Gasteiger partial charge in [-0.2, -0.15) is 13.2 Å². The molecule has 1 fully saturated rings. The number of esters is 1. The summed E-state index contributed by atoms with van der Waals surface area (Å²) < 4.78 is 39.7. The number of rotatable bonds is 4. The molecule has 8 heteroatoms. The Morgan fingerprint density at radius 3 is 2.25 bits per heavy atom. The van der Waals surface area contributed by atoms with Gasteiger partial charge in [-0.25, -0.2) is 4.79 Å². The van der Waals surface area contributed by atoms with Gasteiger partial charge in [0, 0.05) is 19.1 Å². The third kappa shape index (κ3) is 4.66. The lowest BCUT2D eigenvalue weighted by atomic mass is 9.90. The highest BCUT2D eigenvalue weighted by atomic mass is 19.4. The van der Waals surface area contributed by atoms with Crippen molar-refractivity contribution in [1.82, 2.24) is 10.2 Å². The van der Waals surface area contributed by atoms with Gasteiger partial charge < -0.3 is 15.0 Å². The summed E-state index contributed by atoms with van der Waals surface area (Å²) in [6.07, 6.45) is -1.70. The number of nitrogens with zero attached hydrogens (tertiary/aromatic N) is 1. The van der Waals surface area contributed by atoms with E-state index in [0.29, 0.717) is 6.04 Å². The van der Waals surface area contributed by atoms with Crippen LogP contribution < -0.4 is 5.32 Å². The second-order valence-electron chi connectivity index (χ2n) is 4.87. The summed E-state index contributed by atoms with van der Waals surface area (Å²) in [6, 6.07) is 0.398. The molecule has 0 unspecified atom stereocenters. The average molecular weight is 296 g/mol. The summed E-state index contributed by atoms with van der Waals surface area (Å²) in [5.74, 6) is -2.95. The lowest BCUT2D eigenvalue weighted by Crippen LogP contribution is -2.44. The van der Waals surface area contributed by atoms with E-state index in [9.17, 15) is 22.8 Å². The monoisotopic (exact) mass is 296 g/mol. The molecule has 0 heterocycles. The van der Waals surface area contributed by atoms with E-state index in [1.54, 1.807) is 0 Å². The molecule has 0 aliphatic heterocycles. The second-order valence-corrected chi connectivity index (χ2v) is 4.87. The third-order valence-corrected chi connectivity index (χ3v) is 3.60. The normalized spacial score (nSPS) is 23.2. The lowest BCUT2D eigenvalue weighted by Gasteiger charge is -2.34. The third-order valence-electron chi connectivity index (χ3n) is 3.60. The zero-order valence-electron chi connectivity index (χ0n) is 11.5. The molecule has 1 aliphatic rings. The maximum absolute atomic E-state index is 11.9. The first-order chi connectivity index (χ1) is 9.25. The topological polar surface area (TPSA) is 58.6 Å². The van der Waals surface area contributed by atoms with E-state index in [-0.39, 0.29) is 6.04 Å². The van der Waals surface area contributed by atoms with Gasteiger partial charge in [-0.1, -0.05) is 0 Å². The highest BCUT2D eigenvalue weighted by molar-refractivity contribution is 5.82. The standard InChI is InChI=1S/C12H19F3N2O3/c1-16-8-3-5-9(6-4-8)17(2)10(18)7-20-11(19)12(13,14)15/h8-9,16H,3-7H2,1-2H3/t8-,9-. The Labute approximate surface area is 115 Å². The molecule has 116 valence electrons. The molecule has 1 amide bonds. The Kier molecular flexibility index (Phi) is 5.79. The molecule has 0 aromatic heterocycles. The van der Waals surface area contributed by atoms with Crippen LogP contribution in [-0.4, -0.2) is 55.7 Å². The van der Waals surface area contributed by atoms with Crippen LogP contribution in [0.5, 0.6) is 0 Å². The van der Waals surface area contributed by atoms with Crippen LogP contribution in [0.1, 0.15) is 25.7 Å². The number of nitrogens with one attached hydrogen (secondary N) is 1. The fraction of sp³-hybridized carbons (Fsp3) is 0.833. The highest BCUT2D eigenvalue weighted by Gasteiger charge is 2.41. The van der Waals surface area contributed by atoms with Crippen molar-refractivity contribution in [2.75, 3.05) is 20.7 Å². The van der Waals surface area contributed by atoms with Gasteiger partial charge in [-0.15, -0.1) is 0 Å². The smallest absolute Gasteiger partial charge is 0.449 e.